The Bertz CT molecular complexity index is 850. The molecule has 0 aliphatic carbocycles. The minimum atomic E-state index is -0.316. The molecule has 1 aliphatic heterocycles. The van der Waals surface area contributed by atoms with Crippen LogP contribution >= 0.6 is 0 Å². The molecule has 3 rings (SSSR count). The van der Waals surface area contributed by atoms with Gasteiger partial charge in [0, 0.05) is 19.6 Å². The number of benzene rings is 2. The number of aryl methyl sites for hydroxylation is 1. The van der Waals surface area contributed by atoms with E-state index in [4.69, 9.17) is 9.47 Å². The van der Waals surface area contributed by atoms with E-state index >= 15 is 0 Å². The van der Waals surface area contributed by atoms with E-state index in [1.54, 1.807) is 30.3 Å². The van der Waals surface area contributed by atoms with Crippen LogP contribution in [0.25, 0.3) is 0 Å². The van der Waals surface area contributed by atoms with E-state index in [1.165, 1.54) is 0 Å². The van der Waals surface area contributed by atoms with E-state index in [1.807, 2.05) is 25.1 Å². The molecule has 1 fully saturated rings. The largest absolute Gasteiger partial charge is 0.484 e. The number of amides is 2. The van der Waals surface area contributed by atoms with Crippen LogP contribution in [0.4, 0.5) is 5.69 Å². The number of nitrogens with one attached hydrogen (secondary N) is 2. The zero-order valence-corrected chi connectivity index (χ0v) is 17.4. The van der Waals surface area contributed by atoms with E-state index < -0.39 is 0 Å². The summed E-state index contributed by atoms with van der Waals surface area (Å²) in [5.41, 5.74) is 1.97. The van der Waals surface area contributed by atoms with Gasteiger partial charge < -0.3 is 20.1 Å². The van der Waals surface area contributed by atoms with Gasteiger partial charge in [-0.1, -0.05) is 24.3 Å². The van der Waals surface area contributed by atoms with Crippen LogP contribution in [-0.2, 0) is 9.53 Å². The lowest BCUT2D eigenvalue weighted by atomic mass is 10.1. The van der Waals surface area contributed by atoms with E-state index in [2.05, 4.69) is 15.5 Å². The fourth-order valence-corrected chi connectivity index (χ4v) is 3.25. The van der Waals surface area contributed by atoms with Crippen LogP contribution in [0.5, 0.6) is 5.75 Å². The Balaban J connectivity index is 1.46. The average Bonchev–Trinajstić information content (AvgIpc) is 2.76. The van der Waals surface area contributed by atoms with Gasteiger partial charge in [0.15, 0.2) is 6.61 Å². The number of hydrogen-bond donors (Lipinski definition) is 2. The molecule has 1 heterocycles. The molecular weight excluding hydrogens is 382 g/mol. The molecule has 7 heteroatoms. The van der Waals surface area contributed by atoms with Crippen molar-refractivity contribution >= 4 is 17.5 Å². The summed E-state index contributed by atoms with van der Waals surface area (Å²) >= 11 is 0. The van der Waals surface area contributed by atoms with Crippen LogP contribution in [-0.4, -0.2) is 62.7 Å². The molecule has 0 spiro atoms. The van der Waals surface area contributed by atoms with Gasteiger partial charge in [0.1, 0.15) is 5.75 Å². The lowest BCUT2D eigenvalue weighted by molar-refractivity contribution is -0.118. The minimum Gasteiger partial charge on any atom is -0.484 e. The Morgan fingerprint density at radius 1 is 1.10 bits per heavy atom. The third kappa shape index (κ3) is 6.86. The fourth-order valence-electron chi connectivity index (χ4n) is 3.25. The summed E-state index contributed by atoms with van der Waals surface area (Å²) in [5, 5.41) is 5.71. The molecule has 2 aromatic carbocycles. The van der Waals surface area contributed by atoms with Crippen molar-refractivity contribution in [2.45, 2.75) is 13.3 Å². The molecule has 0 radical (unpaired) electrons. The zero-order chi connectivity index (χ0) is 21.2. The maximum absolute atomic E-state index is 12.6. The second-order valence-electron chi connectivity index (χ2n) is 7.26. The van der Waals surface area contributed by atoms with E-state index in [-0.39, 0.29) is 18.4 Å². The van der Waals surface area contributed by atoms with Crippen LogP contribution in [0, 0.1) is 6.92 Å². The second kappa shape index (κ2) is 11.3. The van der Waals surface area contributed by atoms with Crippen molar-refractivity contribution in [3.8, 4) is 5.75 Å². The lowest BCUT2D eigenvalue weighted by Gasteiger charge is -2.26. The molecule has 0 unspecified atom stereocenters. The van der Waals surface area contributed by atoms with Gasteiger partial charge in [-0.15, -0.1) is 0 Å². The first-order chi connectivity index (χ1) is 14.6. The van der Waals surface area contributed by atoms with Gasteiger partial charge in [0.05, 0.1) is 24.5 Å². The zero-order valence-electron chi connectivity index (χ0n) is 17.4. The molecule has 30 heavy (non-hydrogen) atoms. The van der Waals surface area contributed by atoms with Gasteiger partial charge in [-0.25, -0.2) is 0 Å². The number of para-hydroxylation sites is 1. The number of nitrogens with zero attached hydrogens (tertiary/aromatic N) is 1. The van der Waals surface area contributed by atoms with Crippen molar-refractivity contribution < 1.29 is 19.1 Å². The summed E-state index contributed by atoms with van der Waals surface area (Å²) in [5.74, 6) is 0.119. The predicted molar refractivity (Wildman–Crippen MR) is 116 cm³/mol. The lowest BCUT2D eigenvalue weighted by Crippen LogP contribution is -2.38. The number of rotatable bonds is 9. The van der Waals surface area contributed by atoms with Crippen LogP contribution in [0.3, 0.4) is 0 Å². The Labute approximate surface area is 177 Å². The van der Waals surface area contributed by atoms with Crippen molar-refractivity contribution in [3.05, 3.63) is 59.7 Å². The first-order valence-corrected chi connectivity index (χ1v) is 10.3. The highest BCUT2D eigenvalue weighted by molar-refractivity contribution is 6.04. The molecular formula is C23H29N3O4. The SMILES string of the molecule is Cc1cccc(OCC(=O)Nc2ccccc2C(=O)NCCCN2CCOCC2)c1. The number of morpholine rings is 1. The Morgan fingerprint density at radius 3 is 2.70 bits per heavy atom. The standard InChI is InChI=1S/C23H29N3O4/c1-18-6-4-7-19(16-18)30-17-22(27)25-21-9-3-2-8-20(21)23(28)24-10-5-11-26-12-14-29-15-13-26/h2-4,6-9,16H,5,10-15,17H2,1H3,(H,24,28)(H,25,27). The smallest absolute Gasteiger partial charge is 0.262 e. The third-order valence-corrected chi connectivity index (χ3v) is 4.85. The highest BCUT2D eigenvalue weighted by atomic mass is 16.5. The normalized spacial score (nSPS) is 14.2. The summed E-state index contributed by atoms with van der Waals surface area (Å²) in [4.78, 5) is 27.2. The van der Waals surface area contributed by atoms with Crippen molar-refractivity contribution in [1.29, 1.82) is 0 Å². The highest BCUT2D eigenvalue weighted by Gasteiger charge is 2.14. The molecule has 0 saturated carbocycles. The van der Waals surface area contributed by atoms with Crippen LogP contribution in [0.1, 0.15) is 22.3 Å². The van der Waals surface area contributed by atoms with Crippen molar-refractivity contribution in [2.24, 2.45) is 0 Å². The maximum atomic E-state index is 12.6. The maximum Gasteiger partial charge on any atom is 0.262 e. The molecule has 160 valence electrons. The van der Waals surface area contributed by atoms with Gasteiger partial charge in [0.25, 0.3) is 11.8 Å². The second-order valence-corrected chi connectivity index (χ2v) is 7.26. The fraction of sp³-hybridized carbons (Fsp3) is 0.391. The van der Waals surface area contributed by atoms with Crippen molar-refractivity contribution in [3.63, 3.8) is 0 Å². The number of carbonyl (C=O) groups excluding carboxylic acids is 2. The van der Waals surface area contributed by atoms with Crippen molar-refractivity contribution in [1.82, 2.24) is 10.2 Å². The number of carbonyl (C=O) groups is 2. The first-order valence-electron chi connectivity index (χ1n) is 10.3. The Hall–Kier alpha value is -2.90. The number of anilines is 1. The topological polar surface area (TPSA) is 79.9 Å². The summed E-state index contributed by atoms with van der Waals surface area (Å²) in [7, 11) is 0. The van der Waals surface area contributed by atoms with Crippen LogP contribution < -0.4 is 15.4 Å². The first kappa shape index (κ1) is 21.8. The number of hydrogen-bond acceptors (Lipinski definition) is 5. The molecule has 2 N–H and O–H groups in total. The predicted octanol–water partition coefficient (Wildman–Crippen LogP) is 2.46. The van der Waals surface area contributed by atoms with Crippen molar-refractivity contribution in [2.75, 3.05) is 51.3 Å². The minimum absolute atomic E-state index is 0.126. The number of ether oxygens (including phenoxy) is 2. The molecule has 2 aromatic rings. The summed E-state index contributed by atoms with van der Waals surface area (Å²) in [6.45, 7) is 6.76. The third-order valence-electron chi connectivity index (χ3n) is 4.85. The molecule has 1 saturated heterocycles. The van der Waals surface area contributed by atoms with E-state index in [0.717, 1.165) is 44.8 Å². The summed E-state index contributed by atoms with van der Waals surface area (Å²) in [6, 6.07) is 14.5. The summed E-state index contributed by atoms with van der Waals surface area (Å²) < 4.78 is 10.9. The van der Waals surface area contributed by atoms with Gasteiger partial charge >= 0.3 is 0 Å². The Morgan fingerprint density at radius 2 is 1.90 bits per heavy atom. The van der Waals surface area contributed by atoms with E-state index in [0.29, 0.717) is 23.5 Å². The quantitative estimate of drug-likeness (QED) is 0.620. The highest BCUT2D eigenvalue weighted by Crippen LogP contribution is 2.16. The van der Waals surface area contributed by atoms with Gasteiger partial charge in [-0.2, -0.15) is 0 Å². The monoisotopic (exact) mass is 411 g/mol. The molecule has 1 aliphatic rings. The van der Waals surface area contributed by atoms with E-state index in [9.17, 15) is 9.59 Å². The molecule has 0 aromatic heterocycles. The average molecular weight is 412 g/mol. The van der Waals surface area contributed by atoms with Gasteiger partial charge in [0.2, 0.25) is 0 Å². The van der Waals surface area contributed by atoms with Crippen LogP contribution in [0.2, 0.25) is 0 Å². The van der Waals surface area contributed by atoms with Gasteiger partial charge in [-0.05, 0) is 49.7 Å². The van der Waals surface area contributed by atoms with Crippen LogP contribution in [0.15, 0.2) is 48.5 Å². The van der Waals surface area contributed by atoms with Gasteiger partial charge in [-0.3, -0.25) is 14.5 Å². The molecule has 0 bridgehead atoms. The molecule has 2 amide bonds. The molecule has 7 nitrogen and oxygen atoms in total. The molecule has 0 atom stereocenters. The summed E-state index contributed by atoms with van der Waals surface area (Å²) in [6.07, 6.45) is 0.866. The Kier molecular flexibility index (Phi) is 8.23.